The maximum Gasteiger partial charge on any atom is 0.328 e. The maximum absolute atomic E-state index is 12.3. The van der Waals surface area contributed by atoms with Gasteiger partial charge in [-0.2, -0.15) is 9.97 Å². The van der Waals surface area contributed by atoms with Crippen molar-refractivity contribution in [2.45, 2.75) is 45.9 Å². The predicted molar refractivity (Wildman–Crippen MR) is 107 cm³/mol. The Kier molecular flexibility index (Phi) is 5.53. The van der Waals surface area contributed by atoms with Crippen LogP contribution in [-0.2, 0) is 16.1 Å². The summed E-state index contributed by atoms with van der Waals surface area (Å²) >= 11 is 6.10. The van der Waals surface area contributed by atoms with Crippen LogP contribution in [0.3, 0.4) is 0 Å². The Morgan fingerprint density at radius 3 is 2.57 bits per heavy atom. The van der Waals surface area contributed by atoms with Gasteiger partial charge in [0, 0.05) is 5.69 Å². The summed E-state index contributed by atoms with van der Waals surface area (Å²) < 4.78 is 7.14. The van der Waals surface area contributed by atoms with Crippen LogP contribution in [0, 0.1) is 0 Å². The molecule has 0 aliphatic rings. The van der Waals surface area contributed by atoms with E-state index in [0.29, 0.717) is 17.0 Å². The summed E-state index contributed by atoms with van der Waals surface area (Å²) in [5.74, 6) is -0.0616. The van der Waals surface area contributed by atoms with Gasteiger partial charge in [-0.3, -0.25) is 4.57 Å². The smallest absolute Gasteiger partial charge is 0.328 e. The Balaban J connectivity index is 1.94. The lowest BCUT2D eigenvalue weighted by Gasteiger charge is -2.23. The molecule has 9 heteroatoms. The Hall–Kier alpha value is -2.71. The van der Waals surface area contributed by atoms with Gasteiger partial charge in [0.05, 0.1) is 6.61 Å². The zero-order valence-corrected chi connectivity index (χ0v) is 16.9. The number of halogens is 1. The highest BCUT2D eigenvalue weighted by atomic mass is 35.5. The van der Waals surface area contributed by atoms with Crippen LogP contribution in [0.5, 0.6) is 0 Å². The number of imidazole rings is 1. The van der Waals surface area contributed by atoms with Crippen LogP contribution in [0.1, 0.15) is 33.3 Å². The predicted octanol–water partition coefficient (Wildman–Crippen LogP) is 3.10. The first-order chi connectivity index (χ1) is 13.2. The number of nitrogens with zero attached hydrogens (tertiary/aromatic N) is 4. The van der Waals surface area contributed by atoms with Crippen molar-refractivity contribution >= 4 is 34.6 Å². The second-order valence-corrected chi connectivity index (χ2v) is 7.69. The van der Waals surface area contributed by atoms with E-state index in [4.69, 9.17) is 16.3 Å². The van der Waals surface area contributed by atoms with Crippen molar-refractivity contribution in [3.05, 3.63) is 41.4 Å². The molecule has 2 aromatic heterocycles. The molecule has 1 aromatic carbocycles. The van der Waals surface area contributed by atoms with Crippen molar-refractivity contribution in [3.63, 3.8) is 0 Å². The SMILES string of the molecule is CC(Nc1nc(Cl)nc2c1ncn2-c1ccc(CO)cc1)C(=O)OC(C)(C)C. The first kappa shape index (κ1) is 20.0. The molecule has 0 saturated carbocycles. The van der Waals surface area contributed by atoms with E-state index in [1.165, 1.54) is 0 Å². The molecule has 0 radical (unpaired) electrons. The number of anilines is 1. The van der Waals surface area contributed by atoms with Crippen molar-refractivity contribution in [2.24, 2.45) is 0 Å². The molecule has 2 N–H and O–H groups in total. The monoisotopic (exact) mass is 403 g/mol. The van der Waals surface area contributed by atoms with E-state index in [-0.39, 0.29) is 11.9 Å². The second-order valence-electron chi connectivity index (χ2n) is 7.35. The number of aliphatic hydroxyl groups is 1. The molecule has 1 unspecified atom stereocenters. The van der Waals surface area contributed by atoms with E-state index in [2.05, 4.69) is 20.3 Å². The van der Waals surface area contributed by atoms with Gasteiger partial charge in [0.15, 0.2) is 17.0 Å². The van der Waals surface area contributed by atoms with Gasteiger partial charge in [-0.05, 0) is 57.0 Å². The van der Waals surface area contributed by atoms with Gasteiger partial charge >= 0.3 is 5.97 Å². The van der Waals surface area contributed by atoms with Gasteiger partial charge in [0.1, 0.15) is 18.0 Å². The van der Waals surface area contributed by atoms with Crippen LogP contribution < -0.4 is 5.32 Å². The summed E-state index contributed by atoms with van der Waals surface area (Å²) in [5.41, 5.74) is 1.99. The number of ether oxygens (including phenoxy) is 1. The highest BCUT2D eigenvalue weighted by Gasteiger charge is 2.23. The number of fused-ring (bicyclic) bond motifs is 1. The van der Waals surface area contributed by atoms with E-state index >= 15 is 0 Å². The minimum absolute atomic E-state index is 0.0279. The number of benzene rings is 1. The Morgan fingerprint density at radius 2 is 1.96 bits per heavy atom. The highest BCUT2D eigenvalue weighted by Crippen LogP contribution is 2.24. The van der Waals surface area contributed by atoms with Crippen LogP contribution in [0.15, 0.2) is 30.6 Å². The average molecular weight is 404 g/mol. The minimum atomic E-state index is -0.651. The second kappa shape index (κ2) is 7.73. The van der Waals surface area contributed by atoms with Gasteiger partial charge < -0.3 is 15.2 Å². The average Bonchev–Trinajstić information content (AvgIpc) is 3.04. The number of carbonyl (C=O) groups is 1. The summed E-state index contributed by atoms with van der Waals surface area (Å²) in [4.78, 5) is 25.1. The normalized spacial score (nSPS) is 12.8. The molecular weight excluding hydrogens is 382 g/mol. The lowest BCUT2D eigenvalue weighted by molar-refractivity contribution is -0.155. The third kappa shape index (κ3) is 4.40. The fraction of sp³-hybridized carbons (Fsp3) is 0.368. The summed E-state index contributed by atoms with van der Waals surface area (Å²) in [6.45, 7) is 7.07. The van der Waals surface area contributed by atoms with Gasteiger partial charge in [0.25, 0.3) is 0 Å². The Morgan fingerprint density at radius 1 is 1.29 bits per heavy atom. The van der Waals surface area contributed by atoms with Crippen LogP contribution in [0.25, 0.3) is 16.9 Å². The van der Waals surface area contributed by atoms with Crippen LogP contribution in [-0.4, -0.2) is 42.2 Å². The van der Waals surface area contributed by atoms with Crippen molar-refractivity contribution in [2.75, 3.05) is 5.32 Å². The van der Waals surface area contributed by atoms with Crippen molar-refractivity contribution in [1.29, 1.82) is 0 Å². The molecule has 0 fully saturated rings. The van der Waals surface area contributed by atoms with Crippen LogP contribution in [0.2, 0.25) is 5.28 Å². The number of aromatic nitrogens is 4. The van der Waals surface area contributed by atoms with Crippen LogP contribution >= 0.6 is 11.6 Å². The molecule has 148 valence electrons. The maximum atomic E-state index is 12.3. The summed E-state index contributed by atoms with van der Waals surface area (Å²) in [7, 11) is 0. The molecular formula is C19H22ClN5O3. The first-order valence-electron chi connectivity index (χ1n) is 8.78. The van der Waals surface area contributed by atoms with Crippen molar-refractivity contribution < 1.29 is 14.6 Å². The number of carbonyl (C=O) groups excluding carboxylic acids is 1. The number of esters is 1. The van der Waals surface area contributed by atoms with E-state index in [0.717, 1.165) is 11.3 Å². The first-order valence-corrected chi connectivity index (χ1v) is 9.16. The number of hydrogen-bond donors (Lipinski definition) is 2. The quantitative estimate of drug-likeness (QED) is 0.498. The lowest BCUT2D eigenvalue weighted by atomic mass is 10.2. The van der Waals surface area contributed by atoms with E-state index in [9.17, 15) is 9.90 Å². The van der Waals surface area contributed by atoms with Crippen LogP contribution in [0.4, 0.5) is 5.82 Å². The highest BCUT2D eigenvalue weighted by molar-refractivity contribution is 6.28. The van der Waals surface area contributed by atoms with E-state index < -0.39 is 17.6 Å². The molecule has 0 aliphatic heterocycles. The molecule has 0 bridgehead atoms. The molecule has 0 saturated heterocycles. The lowest BCUT2D eigenvalue weighted by Crippen LogP contribution is -2.34. The van der Waals surface area contributed by atoms with E-state index in [1.54, 1.807) is 38.6 Å². The molecule has 2 heterocycles. The standard InChI is InChI=1S/C19H22ClN5O3/c1-11(17(27)28-19(2,3)4)22-15-14-16(24-18(20)23-15)25(10-21-14)13-7-5-12(9-26)6-8-13/h5-8,10-11,26H,9H2,1-4H3,(H,22,23,24). The molecule has 8 nitrogen and oxygen atoms in total. The molecule has 3 aromatic rings. The number of nitrogens with one attached hydrogen (secondary N) is 1. The van der Waals surface area contributed by atoms with Crippen molar-refractivity contribution in [1.82, 2.24) is 19.5 Å². The van der Waals surface area contributed by atoms with Crippen molar-refractivity contribution in [3.8, 4) is 5.69 Å². The van der Waals surface area contributed by atoms with Gasteiger partial charge in [-0.1, -0.05) is 12.1 Å². The Labute approximate surface area is 167 Å². The number of aliphatic hydroxyl groups excluding tert-OH is 1. The molecule has 1 atom stereocenters. The zero-order chi connectivity index (χ0) is 20.5. The molecule has 0 amide bonds. The third-order valence-electron chi connectivity index (χ3n) is 3.88. The summed E-state index contributed by atoms with van der Waals surface area (Å²) in [6, 6.07) is 6.67. The summed E-state index contributed by atoms with van der Waals surface area (Å²) in [6.07, 6.45) is 1.60. The fourth-order valence-corrected chi connectivity index (χ4v) is 2.74. The van der Waals surface area contributed by atoms with Gasteiger partial charge in [0.2, 0.25) is 5.28 Å². The molecule has 0 spiro atoms. The molecule has 28 heavy (non-hydrogen) atoms. The Bertz CT molecular complexity index is 995. The molecule has 3 rings (SSSR count). The minimum Gasteiger partial charge on any atom is -0.458 e. The third-order valence-corrected chi connectivity index (χ3v) is 4.05. The zero-order valence-electron chi connectivity index (χ0n) is 16.1. The topological polar surface area (TPSA) is 102 Å². The largest absolute Gasteiger partial charge is 0.458 e. The van der Waals surface area contributed by atoms with E-state index in [1.807, 2.05) is 24.3 Å². The number of hydrogen-bond acceptors (Lipinski definition) is 7. The summed E-state index contributed by atoms with van der Waals surface area (Å²) in [5, 5.41) is 12.2. The van der Waals surface area contributed by atoms with Gasteiger partial charge in [-0.15, -0.1) is 0 Å². The fourth-order valence-electron chi connectivity index (χ4n) is 2.58. The number of rotatable bonds is 5. The van der Waals surface area contributed by atoms with Gasteiger partial charge in [-0.25, -0.2) is 9.78 Å². The molecule has 0 aliphatic carbocycles.